The van der Waals surface area contributed by atoms with E-state index >= 15 is 0 Å². The Hall–Kier alpha value is -2.12. The molecule has 1 amide bonds. The Morgan fingerprint density at radius 2 is 1.85 bits per heavy atom. The van der Waals surface area contributed by atoms with Gasteiger partial charge in [0.25, 0.3) is 5.91 Å². The summed E-state index contributed by atoms with van der Waals surface area (Å²) in [6.45, 7) is 8.00. The molecule has 0 aliphatic rings. The summed E-state index contributed by atoms with van der Waals surface area (Å²) in [6, 6.07) is 7.32. The molecule has 2 rings (SSSR count). The van der Waals surface area contributed by atoms with Gasteiger partial charge in [0.15, 0.2) is 0 Å². The first-order chi connectivity index (χ1) is 15.4. The molecule has 3 unspecified atom stereocenters. The van der Waals surface area contributed by atoms with Crippen molar-refractivity contribution < 1.29 is 18.0 Å². The molecule has 2 aromatic rings. The number of carbonyl (C=O) groups is 1. The van der Waals surface area contributed by atoms with Crippen LogP contribution in [0.2, 0.25) is 5.02 Å². The predicted molar refractivity (Wildman–Crippen MR) is 128 cm³/mol. The molecule has 1 aromatic heterocycles. The van der Waals surface area contributed by atoms with Crippen molar-refractivity contribution in [3.8, 4) is 0 Å². The fourth-order valence-electron chi connectivity index (χ4n) is 4.50. The van der Waals surface area contributed by atoms with Crippen LogP contribution in [0.1, 0.15) is 73.4 Å². The number of rotatable bonds is 9. The lowest BCUT2D eigenvalue weighted by Gasteiger charge is -2.36. The maximum absolute atomic E-state index is 12.9. The molecular formula is C25H33ClF3N3O. The summed E-state index contributed by atoms with van der Waals surface area (Å²) in [5.74, 6) is 0.335. The van der Waals surface area contributed by atoms with Gasteiger partial charge in [0, 0.05) is 16.8 Å². The molecule has 0 aliphatic carbocycles. The molecule has 0 saturated carbocycles. The number of anilines is 1. The van der Waals surface area contributed by atoms with E-state index in [0.29, 0.717) is 22.5 Å². The van der Waals surface area contributed by atoms with Crippen molar-refractivity contribution in [2.45, 2.75) is 59.2 Å². The van der Waals surface area contributed by atoms with Gasteiger partial charge in [0.05, 0.1) is 11.3 Å². The first-order valence-electron chi connectivity index (χ1n) is 11.2. The van der Waals surface area contributed by atoms with Crippen LogP contribution in [0.15, 0.2) is 30.3 Å². The molecule has 1 heterocycles. The van der Waals surface area contributed by atoms with E-state index in [2.05, 4.69) is 36.0 Å². The molecule has 0 saturated heterocycles. The van der Waals surface area contributed by atoms with E-state index in [4.69, 9.17) is 11.6 Å². The summed E-state index contributed by atoms with van der Waals surface area (Å²) in [6.07, 6.45) is -1.37. The van der Waals surface area contributed by atoms with Gasteiger partial charge in [-0.3, -0.25) is 4.79 Å². The van der Waals surface area contributed by atoms with E-state index < -0.39 is 17.8 Å². The number of benzene rings is 1. The fraction of sp³-hybridized carbons (Fsp3) is 0.520. The van der Waals surface area contributed by atoms with Crippen molar-refractivity contribution >= 4 is 23.2 Å². The number of hydrogen-bond donors (Lipinski definition) is 1. The zero-order chi connectivity index (χ0) is 24.9. The Labute approximate surface area is 199 Å². The highest BCUT2D eigenvalue weighted by molar-refractivity contribution is 6.31. The normalized spacial score (nSPS) is 14.8. The van der Waals surface area contributed by atoms with Crippen LogP contribution in [0, 0.1) is 18.8 Å². The monoisotopic (exact) mass is 483 g/mol. The SMILES string of the molecule is CCCC(C)C(CC)C(c1cc(NC(=O)c2ccc(C(F)(F)F)nc2C)ccc1Cl)N(C)C. The lowest BCUT2D eigenvalue weighted by Crippen LogP contribution is -2.31. The van der Waals surface area contributed by atoms with Crippen molar-refractivity contribution in [1.82, 2.24) is 9.88 Å². The summed E-state index contributed by atoms with van der Waals surface area (Å²) >= 11 is 6.60. The molecule has 0 spiro atoms. The van der Waals surface area contributed by atoms with E-state index in [1.807, 2.05) is 20.2 Å². The molecule has 0 bridgehead atoms. The van der Waals surface area contributed by atoms with Gasteiger partial charge >= 0.3 is 6.18 Å². The van der Waals surface area contributed by atoms with Gasteiger partial charge in [-0.05, 0) is 68.8 Å². The van der Waals surface area contributed by atoms with Gasteiger partial charge in [-0.1, -0.05) is 51.6 Å². The van der Waals surface area contributed by atoms with Gasteiger partial charge in [0.2, 0.25) is 0 Å². The molecule has 0 fully saturated rings. The maximum atomic E-state index is 12.9. The summed E-state index contributed by atoms with van der Waals surface area (Å²) < 4.78 is 38.7. The van der Waals surface area contributed by atoms with Crippen molar-refractivity contribution in [3.05, 3.63) is 57.9 Å². The van der Waals surface area contributed by atoms with Crippen LogP contribution in [0.5, 0.6) is 0 Å². The second kappa shape index (κ2) is 11.3. The Morgan fingerprint density at radius 3 is 2.36 bits per heavy atom. The molecule has 0 aliphatic heterocycles. The lowest BCUT2D eigenvalue weighted by molar-refractivity contribution is -0.141. The van der Waals surface area contributed by atoms with E-state index in [1.54, 1.807) is 12.1 Å². The topological polar surface area (TPSA) is 45.2 Å². The number of aromatic nitrogens is 1. The van der Waals surface area contributed by atoms with Crippen molar-refractivity contribution in [2.75, 3.05) is 19.4 Å². The van der Waals surface area contributed by atoms with E-state index in [0.717, 1.165) is 37.0 Å². The molecule has 33 heavy (non-hydrogen) atoms. The fourth-order valence-corrected chi connectivity index (χ4v) is 4.73. The zero-order valence-electron chi connectivity index (χ0n) is 20.1. The number of aryl methyl sites for hydroxylation is 1. The summed E-state index contributed by atoms with van der Waals surface area (Å²) in [5.41, 5.74) is 0.528. The van der Waals surface area contributed by atoms with Crippen LogP contribution < -0.4 is 5.32 Å². The number of halogens is 4. The van der Waals surface area contributed by atoms with Gasteiger partial charge < -0.3 is 10.2 Å². The Bertz CT molecular complexity index is 962. The third-order valence-electron chi connectivity index (χ3n) is 6.10. The Morgan fingerprint density at radius 1 is 1.18 bits per heavy atom. The smallest absolute Gasteiger partial charge is 0.322 e. The van der Waals surface area contributed by atoms with E-state index in [1.165, 1.54) is 6.92 Å². The van der Waals surface area contributed by atoms with Gasteiger partial charge in [-0.15, -0.1) is 0 Å². The van der Waals surface area contributed by atoms with Crippen LogP contribution >= 0.6 is 11.6 Å². The highest BCUT2D eigenvalue weighted by Crippen LogP contribution is 2.40. The molecule has 8 heteroatoms. The molecule has 1 N–H and O–H groups in total. The second-order valence-corrected chi connectivity index (χ2v) is 9.17. The number of nitrogens with zero attached hydrogens (tertiary/aromatic N) is 2. The largest absolute Gasteiger partial charge is 0.433 e. The molecule has 3 atom stereocenters. The van der Waals surface area contributed by atoms with E-state index in [9.17, 15) is 18.0 Å². The third-order valence-corrected chi connectivity index (χ3v) is 6.45. The number of hydrogen-bond acceptors (Lipinski definition) is 3. The quantitative estimate of drug-likeness (QED) is 0.404. The summed E-state index contributed by atoms with van der Waals surface area (Å²) in [5, 5.41) is 3.40. The number of pyridine rings is 1. The first-order valence-corrected chi connectivity index (χ1v) is 11.6. The Balaban J connectivity index is 2.36. The molecule has 0 radical (unpaired) electrons. The molecule has 1 aromatic carbocycles. The lowest BCUT2D eigenvalue weighted by atomic mass is 9.79. The predicted octanol–water partition coefficient (Wildman–Crippen LogP) is 7.38. The standard InChI is InChI=1S/C25H33ClF3N3O/c1-7-9-15(3)18(8-2)23(32(5)6)20-14-17(10-12-21(20)26)31-24(33)19-11-13-22(25(27,28)29)30-16(19)4/h10-15,18,23H,7-9H2,1-6H3,(H,31,33). The van der Waals surface area contributed by atoms with Crippen LogP contribution in [0.25, 0.3) is 0 Å². The summed E-state index contributed by atoms with van der Waals surface area (Å²) in [4.78, 5) is 18.5. The number of carbonyl (C=O) groups excluding carboxylic acids is 1. The highest BCUT2D eigenvalue weighted by Gasteiger charge is 2.33. The van der Waals surface area contributed by atoms with Crippen molar-refractivity contribution in [3.63, 3.8) is 0 Å². The van der Waals surface area contributed by atoms with Crippen LogP contribution in [-0.4, -0.2) is 29.9 Å². The van der Waals surface area contributed by atoms with Crippen molar-refractivity contribution in [2.24, 2.45) is 11.8 Å². The van der Waals surface area contributed by atoms with Gasteiger partial charge in [-0.25, -0.2) is 4.98 Å². The molecule has 4 nitrogen and oxygen atoms in total. The number of alkyl halides is 3. The molecule has 182 valence electrons. The average molecular weight is 484 g/mol. The first kappa shape index (κ1) is 27.1. The minimum absolute atomic E-state index is 0.0158. The number of nitrogens with one attached hydrogen (secondary N) is 1. The van der Waals surface area contributed by atoms with Crippen molar-refractivity contribution in [1.29, 1.82) is 0 Å². The van der Waals surface area contributed by atoms with E-state index in [-0.39, 0.29) is 17.3 Å². The third kappa shape index (κ3) is 6.70. The Kier molecular flexibility index (Phi) is 9.32. The highest BCUT2D eigenvalue weighted by atomic mass is 35.5. The summed E-state index contributed by atoms with van der Waals surface area (Å²) in [7, 11) is 4.04. The van der Waals surface area contributed by atoms with Crippen LogP contribution in [0.4, 0.5) is 18.9 Å². The van der Waals surface area contributed by atoms with Crippen LogP contribution in [-0.2, 0) is 6.18 Å². The van der Waals surface area contributed by atoms with Gasteiger partial charge in [0.1, 0.15) is 5.69 Å². The maximum Gasteiger partial charge on any atom is 0.433 e. The average Bonchev–Trinajstić information content (AvgIpc) is 2.72. The zero-order valence-corrected chi connectivity index (χ0v) is 20.8. The minimum atomic E-state index is -4.56. The minimum Gasteiger partial charge on any atom is -0.322 e. The second-order valence-electron chi connectivity index (χ2n) is 8.76. The van der Waals surface area contributed by atoms with Crippen LogP contribution in [0.3, 0.4) is 0 Å². The number of amides is 1. The molecular weight excluding hydrogens is 451 g/mol. The van der Waals surface area contributed by atoms with Gasteiger partial charge in [-0.2, -0.15) is 13.2 Å².